The zero-order chi connectivity index (χ0) is 20.9. The molecule has 0 atom stereocenters. The van der Waals surface area contributed by atoms with Crippen LogP contribution in [0.1, 0.15) is 18.4 Å². The summed E-state index contributed by atoms with van der Waals surface area (Å²) in [5, 5.41) is 8.25. The Morgan fingerprint density at radius 1 is 1.23 bits per heavy atom. The van der Waals surface area contributed by atoms with Gasteiger partial charge in [-0.15, -0.1) is 0 Å². The van der Waals surface area contributed by atoms with Gasteiger partial charge in [-0.2, -0.15) is 5.10 Å². The van der Waals surface area contributed by atoms with Crippen LogP contribution < -0.4 is 10.2 Å². The molecule has 1 aromatic heterocycles. The fourth-order valence-electron chi connectivity index (χ4n) is 3.55. The molecular formula is C23H24N4O3. The second kappa shape index (κ2) is 8.92. The Kier molecular flexibility index (Phi) is 5.90. The molecule has 0 saturated carbocycles. The van der Waals surface area contributed by atoms with Crippen LogP contribution >= 0.6 is 0 Å². The second-order valence-electron chi connectivity index (χ2n) is 7.20. The lowest BCUT2D eigenvalue weighted by Gasteiger charge is -2.15. The predicted molar refractivity (Wildman–Crippen MR) is 117 cm³/mol. The molecule has 1 saturated heterocycles. The highest BCUT2D eigenvalue weighted by atomic mass is 16.5. The average Bonchev–Trinajstić information content (AvgIpc) is 3.37. The van der Waals surface area contributed by atoms with Crippen molar-refractivity contribution in [1.29, 1.82) is 0 Å². The molecule has 0 bridgehead atoms. The number of methoxy groups -OCH3 is 1. The molecule has 30 heavy (non-hydrogen) atoms. The highest BCUT2D eigenvalue weighted by molar-refractivity contribution is 6.03. The Balaban J connectivity index is 1.40. The molecule has 1 N–H and O–H groups in total. The van der Waals surface area contributed by atoms with Crippen molar-refractivity contribution >= 4 is 40.2 Å². The fourth-order valence-corrected chi connectivity index (χ4v) is 3.55. The smallest absolute Gasteiger partial charge is 0.248 e. The first-order chi connectivity index (χ1) is 14.6. The maximum atomic E-state index is 12.3. The summed E-state index contributed by atoms with van der Waals surface area (Å²) in [6.45, 7) is 1.99. The predicted octanol–water partition coefficient (Wildman–Crippen LogP) is 3.46. The van der Waals surface area contributed by atoms with Crippen LogP contribution in [0.4, 0.5) is 11.4 Å². The van der Waals surface area contributed by atoms with E-state index in [-0.39, 0.29) is 11.8 Å². The quantitative estimate of drug-likeness (QED) is 0.612. The van der Waals surface area contributed by atoms with Crippen molar-refractivity contribution in [2.24, 2.45) is 0 Å². The molecular weight excluding hydrogens is 380 g/mol. The molecule has 2 heterocycles. The number of rotatable bonds is 7. The number of carbonyl (C=O) groups is 2. The zero-order valence-corrected chi connectivity index (χ0v) is 16.9. The molecule has 0 radical (unpaired) electrons. The van der Waals surface area contributed by atoms with Gasteiger partial charge < -0.3 is 15.0 Å². The topological polar surface area (TPSA) is 76.5 Å². The summed E-state index contributed by atoms with van der Waals surface area (Å²) in [6.07, 6.45) is 6.57. The summed E-state index contributed by atoms with van der Waals surface area (Å²) in [5.41, 5.74) is 3.45. The molecule has 0 unspecified atom stereocenters. The summed E-state index contributed by atoms with van der Waals surface area (Å²) >= 11 is 0. The van der Waals surface area contributed by atoms with E-state index >= 15 is 0 Å². The van der Waals surface area contributed by atoms with Gasteiger partial charge in [0.2, 0.25) is 11.8 Å². The monoisotopic (exact) mass is 404 g/mol. The molecule has 154 valence electrons. The fraction of sp³-hybridized carbons (Fsp3) is 0.261. The van der Waals surface area contributed by atoms with Crippen LogP contribution in [-0.2, 0) is 20.9 Å². The third-order valence-electron chi connectivity index (χ3n) is 5.12. The van der Waals surface area contributed by atoms with Gasteiger partial charge in [0, 0.05) is 42.9 Å². The van der Waals surface area contributed by atoms with Crippen LogP contribution in [-0.4, -0.2) is 41.9 Å². The first-order valence-corrected chi connectivity index (χ1v) is 9.98. The Morgan fingerprint density at radius 3 is 2.80 bits per heavy atom. The maximum Gasteiger partial charge on any atom is 0.248 e. The zero-order valence-electron chi connectivity index (χ0n) is 16.9. The van der Waals surface area contributed by atoms with E-state index in [0.29, 0.717) is 25.3 Å². The summed E-state index contributed by atoms with van der Waals surface area (Å²) in [7, 11) is 1.66. The van der Waals surface area contributed by atoms with E-state index in [1.807, 2.05) is 47.1 Å². The third-order valence-corrected chi connectivity index (χ3v) is 5.12. The normalized spacial score (nSPS) is 14.2. The van der Waals surface area contributed by atoms with Crippen LogP contribution in [0.15, 0.2) is 54.7 Å². The summed E-state index contributed by atoms with van der Waals surface area (Å²) in [4.78, 5) is 26.0. The third kappa shape index (κ3) is 4.41. The molecule has 0 aliphatic carbocycles. The van der Waals surface area contributed by atoms with Crippen molar-refractivity contribution in [2.45, 2.75) is 19.4 Å². The van der Waals surface area contributed by atoms with E-state index in [4.69, 9.17) is 4.74 Å². The summed E-state index contributed by atoms with van der Waals surface area (Å²) in [6, 6.07) is 13.3. The van der Waals surface area contributed by atoms with Crippen molar-refractivity contribution in [2.75, 3.05) is 30.5 Å². The average molecular weight is 404 g/mol. The van der Waals surface area contributed by atoms with Gasteiger partial charge in [0.05, 0.1) is 24.9 Å². The van der Waals surface area contributed by atoms with Crippen LogP contribution in [0.2, 0.25) is 0 Å². The largest absolute Gasteiger partial charge is 0.383 e. The minimum atomic E-state index is -0.212. The van der Waals surface area contributed by atoms with Crippen LogP contribution in [0.3, 0.4) is 0 Å². The molecule has 0 spiro atoms. The molecule has 1 fully saturated rings. The number of carbonyl (C=O) groups excluding carboxylic acids is 2. The van der Waals surface area contributed by atoms with Gasteiger partial charge >= 0.3 is 0 Å². The molecule has 1 aliphatic rings. The number of nitrogens with zero attached hydrogens (tertiary/aromatic N) is 3. The van der Waals surface area contributed by atoms with Gasteiger partial charge in [-0.05, 0) is 48.4 Å². The number of ether oxygens (including phenoxy) is 1. The van der Waals surface area contributed by atoms with Gasteiger partial charge in [-0.25, -0.2) is 0 Å². The lowest BCUT2D eigenvalue weighted by atomic mass is 10.2. The Labute approximate surface area is 174 Å². The van der Waals surface area contributed by atoms with E-state index in [2.05, 4.69) is 10.4 Å². The minimum Gasteiger partial charge on any atom is -0.383 e. The molecule has 7 nitrogen and oxygen atoms in total. The van der Waals surface area contributed by atoms with E-state index in [9.17, 15) is 9.59 Å². The maximum absolute atomic E-state index is 12.3. The van der Waals surface area contributed by atoms with E-state index < -0.39 is 0 Å². The Morgan fingerprint density at radius 2 is 2.07 bits per heavy atom. The van der Waals surface area contributed by atoms with E-state index in [1.54, 1.807) is 24.3 Å². The van der Waals surface area contributed by atoms with Crippen LogP contribution in [0.5, 0.6) is 0 Å². The number of aromatic nitrogens is 2. The number of hydrogen-bond donors (Lipinski definition) is 1. The Hall–Kier alpha value is -3.45. The molecule has 4 rings (SSSR count). The van der Waals surface area contributed by atoms with Crippen molar-refractivity contribution in [3.05, 3.63) is 60.3 Å². The molecule has 1 aliphatic heterocycles. The van der Waals surface area contributed by atoms with Gasteiger partial charge in [-0.1, -0.05) is 12.1 Å². The highest BCUT2D eigenvalue weighted by Gasteiger charge is 2.21. The van der Waals surface area contributed by atoms with Gasteiger partial charge in [0.25, 0.3) is 0 Å². The molecule has 7 heteroatoms. The first-order valence-electron chi connectivity index (χ1n) is 9.98. The summed E-state index contributed by atoms with van der Waals surface area (Å²) < 4.78 is 6.97. The van der Waals surface area contributed by atoms with Crippen molar-refractivity contribution in [1.82, 2.24) is 9.78 Å². The first kappa shape index (κ1) is 19.8. The van der Waals surface area contributed by atoms with Crippen molar-refractivity contribution in [3.8, 4) is 0 Å². The molecule has 2 aromatic carbocycles. The standard InChI is InChI=1S/C23H24N4O3/c1-30-14-13-27-21-15-19(8-7-18(21)16-24-27)25-22(28)11-6-17-4-9-20(10-5-17)26-12-2-3-23(26)29/h4-11,15-16H,2-3,12-14H2,1H3,(H,25,28)/b11-6-. The number of hydrogen-bond acceptors (Lipinski definition) is 4. The molecule has 3 aromatic rings. The van der Waals surface area contributed by atoms with E-state index in [0.717, 1.165) is 35.1 Å². The van der Waals surface area contributed by atoms with Gasteiger partial charge in [0.1, 0.15) is 0 Å². The number of fused-ring (bicyclic) bond motifs is 1. The van der Waals surface area contributed by atoms with Gasteiger partial charge in [-0.3, -0.25) is 14.3 Å². The lowest BCUT2D eigenvalue weighted by Crippen LogP contribution is -2.23. The van der Waals surface area contributed by atoms with Crippen LogP contribution in [0.25, 0.3) is 17.0 Å². The minimum absolute atomic E-state index is 0.165. The molecule has 2 amide bonds. The van der Waals surface area contributed by atoms with Gasteiger partial charge in [0.15, 0.2) is 0 Å². The van der Waals surface area contributed by atoms with E-state index in [1.165, 1.54) is 6.08 Å². The lowest BCUT2D eigenvalue weighted by molar-refractivity contribution is -0.117. The van der Waals surface area contributed by atoms with Crippen molar-refractivity contribution < 1.29 is 14.3 Å². The number of nitrogens with one attached hydrogen (secondary N) is 1. The number of amides is 2. The SMILES string of the molecule is COCCn1ncc2ccc(NC(=O)/C=C\c3ccc(N4CCCC4=O)cc3)cc21. The number of anilines is 2. The van der Waals surface area contributed by atoms with Crippen LogP contribution in [0, 0.1) is 0 Å². The number of benzene rings is 2. The highest BCUT2D eigenvalue weighted by Crippen LogP contribution is 2.22. The van der Waals surface area contributed by atoms with Crippen molar-refractivity contribution in [3.63, 3.8) is 0 Å². The second-order valence-corrected chi connectivity index (χ2v) is 7.20. The Bertz CT molecular complexity index is 1090. The summed E-state index contributed by atoms with van der Waals surface area (Å²) in [5.74, 6) is -0.0469.